The number of hydrogen-bond acceptors (Lipinski definition) is 2. The maximum Gasteiger partial charge on any atom is 0.126 e. The van der Waals surface area contributed by atoms with Crippen molar-refractivity contribution in [3.05, 3.63) is 89.0 Å². The molecule has 0 bridgehead atoms. The third kappa shape index (κ3) is 2.91. The zero-order valence-electron chi connectivity index (χ0n) is 14.4. The molecular formula is C23H12BrF2NS. The van der Waals surface area contributed by atoms with E-state index in [0.29, 0.717) is 5.56 Å². The lowest BCUT2D eigenvalue weighted by Gasteiger charge is -2.04. The van der Waals surface area contributed by atoms with Gasteiger partial charge in [-0.25, -0.2) is 8.78 Å². The van der Waals surface area contributed by atoms with Crippen molar-refractivity contribution < 1.29 is 8.78 Å². The molecule has 0 aliphatic rings. The Morgan fingerprint density at radius 2 is 1.54 bits per heavy atom. The molecule has 2 heterocycles. The fourth-order valence-corrected chi connectivity index (χ4v) is 5.53. The highest BCUT2D eigenvalue weighted by Gasteiger charge is 2.17. The van der Waals surface area contributed by atoms with Gasteiger partial charge in [-0.2, -0.15) is 0 Å². The van der Waals surface area contributed by atoms with Crippen molar-refractivity contribution in [2.24, 2.45) is 0 Å². The Labute approximate surface area is 172 Å². The molecule has 2 aromatic heterocycles. The molecule has 0 aliphatic heterocycles. The average molecular weight is 452 g/mol. The van der Waals surface area contributed by atoms with Crippen LogP contribution in [0.2, 0.25) is 0 Å². The van der Waals surface area contributed by atoms with Crippen LogP contribution in [0.1, 0.15) is 0 Å². The predicted molar refractivity (Wildman–Crippen MR) is 116 cm³/mol. The molecule has 5 rings (SSSR count). The molecule has 0 N–H and O–H groups in total. The molecule has 0 aliphatic carbocycles. The van der Waals surface area contributed by atoms with E-state index in [2.05, 4.69) is 51.2 Å². The molecule has 28 heavy (non-hydrogen) atoms. The minimum absolute atomic E-state index is 0.509. The number of nitrogens with zero attached hydrogens (tertiary/aromatic N) is 1. The van der Waals surface area contributed by atoms with Gasteiger partial charge >= 0.3 is 0 Å². The van der Waals surface area contributed by atoms with Gasteiger partial charge in [-0.15, -0.1) is 11.3 Å². The Morgan fingerprint density at radius 3 is 2.32 bits per heavy atom. The second-order valence-electron chi connectivity index (χ2n) is 6.50. The number of halogens is 3. The zero-order valence-corrected chi connectivity index (χ0v) is 16.8. The Balaban J connectivity index is 1.74. The molecular weight excluding hydrogens is 440 g/mol. The van der Waals surface area contributed by atoms with E-state index < -0.39 is 11.6 Å². The van der Waals surface area contributed by atoms with Gasteiger partial charge in [0, 0.05) is 27.7 Å². The second kappa shape index (κ2) is 6.76. The van der Waals surface area contributed by atoms with Crippen LogP contribution in [0.15, 0.2) is 77.4 Å². The summed E-state index contributed by atoms with van der Waals surface area (Å²) in [5.74, 6) is -1.18. The first kappa shape index (κ1) is 17.5. The standard InChI is InChI=1S/C23H12BrF2NS/c24-20-19-7-8-27-21(15-6-5-13-3-1-2-4-14(13)9-15)23(19)28-22(20)16-10-17(25)12-18(26)11-16/h1-12H. The van der Waals surface area contributed by atoms with Crippen LogP contribution in [0.3, 0.4) is 0 Å². The highest BCUT2D eigenvalue weighted by atomic mass is 79.9. The van der Waals surface area contributed by atoms with Crippen molar-refractivity contribution >= 4 is 48.1 Å². The van der Waals surface area contributed by atoms with E-state index >= 15 is 0 Å². The first-order valence-electron chi connectivity index (χ1n) is 8.63. The van der Waals surface area contributed by atoms with E-state index in [1.165, 1.54) is 28.9 Å². The summed E-state index contributed by atoms with van der Waals surface area (Å²) in [7, 11) is 0. The fourth-order valence-electron chi connectivity index (χ4n) is 3.41. The molecule has 0 amide bonds. The topological polar surface area (TPSA) is 12.9 Å². The van der Waals surface area contributed by atoms with E-state index in [1.807, 2.05) is 18.2 Å². The van der Waals surface area contributed by atoms with Crippen LogP contribution in [0.25, 0.3) is 42.6 Å². The van der Waals surface area contributed by atoms with Gasteiger partial charge < -0.3 is 0 Å². The molecule has 0 unspecified atom stereocenters. The SMILES string of the molecule is Fc1cc(F)cc(-c2sc3c(-c4ccc5ccccc5c4)nccc3c2Br)c1. The molecule has 5 aromatic rings. The van der Waals surface area contributed by atoms with Gasteiger partial charge in [0.1, 0.15) is 11.6 Å². The highest BCUT2D eigenvalue weighted by molar-refractivity contribution is 9.10. The van der Waals surface area contributed by atoms with Crippen LogP contribution in [0, 0.1) is 11.6 Å². The molecule has 0 fully saturated rings. The summed E-state index contributed by atoms with van der Waals surface area (Å²) >= 11 is 5.10. The van der Waals surface area contributed by atoms with Crippen LogP contribution in [-0.2, 0) is 0 Å². The van der Waals surface area contributed by atoms with Crippen molar-refractivity contribution in [2.75, 3.05) is 0 Å². The summed E-state index contributed by atoms with van der Waals surface area (Å²) in [4.78, 5) is 5.39. The maximum atomic E-state index is 13.7. The van der Waals surface area contributed by atoms with Crippen LogP contribution < -0.4 is 0 Å². The molecule has 0 atom stereocenters. The smallest absolute Gasteiger partial charge is 0.126 e. The quantitative estimate of drug-likeness (QED) is 0.266. The molecule has 0 spiro atoms. The van der Waals surface area contributed by atoms with Gasteiger partial charge in [-0.1, -0.05) is 36.4 Å². The van der Waals surface area contributed by atoms with Crippen molar-refractivity contribution in [3.8, 4) is 21.7 Å². The lowest BCUT2D eigenvalue weighted by atomic mass is 10.0. The maximum absolute atomic E-state index is 13.7. The highest BCUT2D eigenvalue weighted by Crippen LogP contribution is 2.45. The van der Waals surface area contributed by atoms with Gasteiger partial charge in [0.15, 0.2) is 0 Å². The molecule has 0 saturated carbocycles. The molecule has 1 nitrogen and oxygen atoms in total. The third-order valence-electron chi connectivity index (χ3n) is 4.69. The van der Waals surface area contributed by atoms with E-state index in [0.717, 1.165) is 42.1 Å². The molecule has 0 saturated heterocycles. The Bertz CT molecular complexity index is 1340. The minimum Gasteiger partial charge on any atom is -0.255 e. The summed E-state index contributed by atoms with van der Waals surface area (Å²) in [6, 6.07) is 19.9. The Morgan fingerprint density at radius 1 is 0.786 bits per heavy atom. The molecule has 136 valence electrons. The first-order valence-corrected chi connectivity index (χ1v) is 10.2. The molecule has 5 heteroatoms. The van der Waals surface area contributed by atoms with Crippen molar-refractivity contribution in [1.82, 2.24) is 4.98 Å². The lowest BCUT2D eigenvalue weighted by Crippen LogP contribution is -1.83. The summed E-state index contributed by atoms with van der Waals surface area (Å²) in [6.07, 6.45) is 1.76. The van der Waals surface area contributed by atoms with Crippen LogP contribution in [0.5, 0.6) is 0 Å². The number of aromatic nitrogens is 1. The Kier molecular flexibility index (Phi) is 4.22. The van der Waals surface area contributed by atoms with Crippen molar-refractivity contribution in [1.29, 1.82) is 0 Å². The Hall–Kier alpha value is -2.63. The van der Waals surface area contributed by atoms with E-state index in [9.17, 15) is 8.78 Å². The largest absolute Gasteiger partial charge is 0.255 e. The number of benzene rings is 3. The van der Waals surface area contributed by atoms with Gasteiger partial charge in [0.2, 0.25) is 0 Å². The number of hydrogen-bond donors (Lipinski definition) is 0. The van der Waals surface area contributed by atoms with Gasteiger partial charge in [-0.3, -0.25) is 4.98 Å². The number of rotatable bonds is 2. The normalized spacial score (nSPS) is 11.4. The minimum atomic E-state index is -0.591. The third-order valence-corrected chi connectivity index (χ3v) is 7.04. The van der Waals surface area contributed by atoms with Gasteiger partial charge in [0.05, 0.1) is 15.3 Å². The summed E-state index contributed by atoms with van der Waals surface area (Å²) < 4.78 is 29.3. The number of fused-ring (bicyclic) bond motifs is 2. The monoisotopic (exact) mass is 451 g/mol. The van der Waals surface area contributed by atoms with Crippen LogP contribution >= 0.6 is 27.3 Å². The summed E-state index contributed by atoms with van der Waals surface area (Å²) in [6.45, 7) is 0. The molecule has 3 aromatic carbocycles. The van der Waals surface area contributed by atoms with E-state index in [-0.39, 0.29) is 0 Å². The summed E-state index contributed by atoms with van der Waals surface area (Å²) in [5.41, 5.74) is 2.38. The number of thiophene rings is 1. The molecule has 0 radical (unpaired) electrons. The van der Waals surface area contributed by atoms with Crippen LogP contribution in [-0.4, -0.2) is 4.98 Å². The lowest BCUT2D eigenvalue weighted by molar-refractivity contribution is 0.584. The van der Waals surface area contributed by atoms with Crippen molar-refractivity contribution in [3.63, 3.8) is 0 Å². The van der Waals surface area contributed by atoms with E-state index in [4.69, 9.17) is 0 Å². The van der Waals surface area contributed by atoms with E-state index in [1.54, 1.807) is 6.20 Å². The predicted octanol–water partition coefficient (Wildman–Crippen LogP) is 7.82. The van der Waals surface area contributed by atoms with Gasteiger partial charge in [0.25, 0.3) is 0 Å². The summed E-state index contributed by atoms with van der Waals surface area (Å²) in [5, 5.41) is 3.28. The zero-order chi connectivity index (χ0) is 19.3. The van der Waals surface area contributed by atoms with Crippen molar-refractivity contribution in [2.45, 2.75) is 0 Å². The second-order valence-corrected chi connectivity index (χ2v) is 8.32. The first-order chi connectivity index (χ1) is 13.6. The fraction of sp³-hybridized carbons (Fsp3) is 0. The van der Waals surface area contributed by atoms with Gasteiger partial charge in [-0.05, 0) is 56.5 Å². The van der Waals surface area contributed by atoms with Crippen LogP contribution in [0.4, 0.5) is 8.78 Å². The number of pyridine rings is 1. The average Bonchev–Trinajstić information content (AvgIpc) is 3.04.